The van der Waals surface area contributed by atoms with Crippen LogP contribution in [0.15, 0.2) is 48.9 Å². The molecule has 0 radical (unpaired) electrons. The van der Waals surface area contributed by atoms with Crippen LogP contribution in [0.25, 0.3) is 10.8 Å². The van der Waals surface area contributed by atoms with Crippen molar-refractivity contribution in [3.05, 3.63) is 60.2 Å². The van der Waals surface area contributed by atoms with Crippen LogP contribution in [0.3, 0.4) is 0 Å². The van der Waals surface area contributed by atoms with Crippen molar-refractivity contribution in [2.45, 2.75) is 12.2 Å². The first kappa shape index (κ1) is 20.1. The number of amides is 2. The van der Waals surface area contributed by atoms with E-state index in [9.17, 15) is 33.1 Å². The molecule has 31 heavy (non-hydrogen) atoms. The van der Waals surface area contributed by atoms with Gasteiger partial charge in [0, 0.05) is 17.0 Å². The van der Waals surface area contributed by atoms with Crippen molar-refractivity contribution < 1.29 is 27.9 Å². The Morgan fingerprint density at radius 2 is 1.94 bits per heavy atom. The van der Waals surface area contributed by atoms with Crippen LogP contribution in [0, 0.1) is 11.3 Å². The van der Waals surface area contributed by atoms with Crippen LogP contribution < -0.4 is 9.80 Å². The van der Waals surface area contributed by atoms with E-state index < -0.39 is 35.5 Å². The lowest BCUT2D eigenvalue weighted by Crippen LogP contribution is -2.35. The molecular formula is C20H12F3N5O3. The third kappa shape index (κ3) is 3.38. The van der Waals surface area contributed by atoms with Gasteiger partial charge in [-0.15, -0.1) is 0 Å². The van der Waals surface area contributed by atoms with Crippen LogP contribution in [0.2, 0.25) is 0 Å². The monoisotopic (exact) mass is 427 g/mol. The molecule has 1 aliphatic heterocycles. The number of carboxylic acids is 1. The van der Waals surface area contributed by atoms with Crippen LogP contribution in [0.4, 0.5) is 29.3 Å². The van der Waals surface area contributed by atoms with Crippen molar-refractivity contribution in [3.63, 3.8) is 0 Å². The molecule has 0 aliphatic carbocycles. The van der Waals surface area contributed by atoms with Gasteiger partial charge >= 0.3 is 18.2 Å². The normalized spacial score (nSPS) is 16.6. The zero-order valence-corrected chi connectivity index (χ0v) is 15.5. The Morgan fingerprint density at radius 3 is 2.61 bits per heavy atom. The second-order valence-corrected chi connectivity index (χ2v) is 6.68. The van der Waals surface area contributed by atoms with Crippen LogP contribution in [-0.2, 0) is 6.18 Å². The molecule has 1 unspecified atom stereocenters. The lowest BCUT2D eigenvalue weighted by Gasteiger charge is -2.21. The van der Waals surface area contributed by atoms with E-state index in [-0.39, 0.29) is 12.2 Å². The fraction of sp³-hybridized carbons (Fsp3) is 0.150. The number of hydrogen-bond donors (Lipinski definition) is 1. The summed E-state index contributed by atoms with van der Waals surface area (Å²) in [4.78, 5) is 34.3. The summed E-state index contributed by atoms with van der Waals surface area (Å²) in [6.07, 6.45) is -1.19. The number of pyridine rings is 2. The maximum absolute atomic E-state index is 13.2. The van der Waals surface area contributed by atoms with Crippen LogP contribution >= 0.6 is 0 Å². The Balaban J connectivity index is 1.82. The van der Waals surface area contributed by atoms with E-state index in [0.29, 0.717) is 28.7 Å². The van der Waals surface area contributed by atoms with E-state index in [1.165, 1.54) is 6.20 Å². The summed E-state index contributed by atoms with van der Waals surface area (Å²) in [5, 5.41) is 20.4. The molecule has 1 aromatic carbocycles. The van der Waals surface area contributed by atoms with Gasteiger partial charge in [0.05, 0.1) is 41.9 Å². The molecule has 1 aliphatic rings. The fourth-order valence-corrected chi connectivity index (χ4v) is 3.45. The zero-order chi connectivity index (χ0) is 22.3. The molecule has 8 nitrogen and oxygen atoms in total. The molecule has 1 fully saturated rings. The zero-order valence-electron chi connectivity index (χ0n) is 15.5. The predicted molar refractivity (Wildman–Crippen MR) is 103 cm³/mol. The number of hydrogen-bond acceptors (Lipinski definition) is 5. The maximum atomic E-state index is 13.2. The largest absolute Gasteiger partial charge is 0.478 e. The average Bonchev–Trinajstić information content (AvgIpc) is 3.08. The van der Waals surface area contributed by atoms with E-state index in [2.05, 4.69) is 9.97 Å². The highest BCUT2D eigenvalue weighted by molar-refractivity contribution is 6.13. The van der Waals surface area contributed by atoms with Gasteiger partial charge in [0.25, 0.3) is 0 Å². The molecular weight excluding hydrogens is 415 g/mol. The van der Waals surface area contributed by atoms with Gasteiger partial charge in [-0.2, -0.15) is 18.4 Å². The summed E-state index contributed by atoms with van der Waals surface area (Å²) in [5.74, 6) is -1.66. The first-order valence-corrected chi connectivity index (χ1v) is 8.86. The standard InChI is InChI=1S/C20H12F3N5O3/c21-20(22,23)17-5-14(18(29)30)15(9-26-17)27-10-12(6-24)28(19(27)31)16-8-25-7-11-3-1-2-4-13(11)16/h1-5,7-9,12H,10H2,(H,29,30). The summed E-state index contributed by atoms with van der Waals surface area (Å²) < 4.78 is 38.9. The Kier molecular flexibility index (Phi) is 4.69. The van der Waals surface area contributed by atoms with Crippen molar-refractivity contribution >= 4 is 34.1 Å². The number of alkyl halides is 3. The summed E-state index contributed by atoms with van der Waals surface area (Å²) in [6.45, 7) is -0.258. The lowest BCUT2D eigenvalue weighted by molar-refractivity contribution is -0.141. The quantitative estimate of drug-likeness (QED) is 0.683. The number of carbonyl (C=O) groups is 2. The van der Waals surface area contributed by atoms with E-state index in [0.717, 1.165) is 9.80 Å². The third-order valence-corrected chi connectivity index (χ3v) is 4.85. The number of fused-ring (bicyclic) bond motifs is 1. The minimum atomic E-state index is -4.85. The number of aromatic carboxylic acids is 1. The van der Waals surface area contributed by atoms with Crippen molar-refractivity contribution in [2.24, 2.45) is 0 Å². The van der Waals surface area contributed by atoms with Crippen LogP contribution in [-0.4, -0.2) is 39.7 Å². The molecule has 0 spiro atoms. The SMILES string of the molecule is N#CC1CN(c2cnc(C(F)(F)F)cc2C(=O)O)C(=O)N1c1cncc2ccccc12. The number of carbonyl (C=O) groups excluding carboxylic acids is 1. The average molecular weight is 427 g/mol. The van der Waals surface area contributed by atoms with Gasteiger partial charge in [0.1, 0.15) is 11.7 Å². The van der Waals surface area contributed by atoms with E-state index in [1.54, 1.807) is 30.5 Å². The molecule has 0 saturated carbocycles. The first-order valence-electron chi connectivity index (χ1n) is 8.86. The van der Waals surface area contributed by atoms with Crippen molar-refractivity contribution in [3.8, 4) is 6.07 Å². The maximum Gasteiger partial charge on any atom is 0.433 e. The van der Waals surface area contributed by atoms with Gasteiger partial charge < -0.3 is 5.11 Å². The molecule has 2 aromatic heterocycles. The minimum Gasteiger partial charge on any atom is -0.478 e. The number of halogens is 3. The number of benzene rings is 1. The predicted octanol–water partition coefficient (Wildman–Crippen LogP) is 3.69. The van der Waals surface area contributed by atoms with Gasteiger partial charge in [0.15, 0.2) is 0 Å². The van der Waals surface area contributed by atoms with Gasteiger partial charge in [0.2, 0.25) is 0 Å². The van der Waals surface area contributed by atoms with E-state index in [1.807, 2.05) is 6.07 Å². The van der Waals surface area contributed by atoms with Gasteiger partial charge in [-0.1, -0.05) is 24.3 Å². The first-order chi connectivity index (χ1) is 14.7. The molecule has 4 rings (SSSR count). The molecule has 156 valence electrons. The van der Waals surface area contributed by atoms with Gasteiger partial charge in [-0.3, -0.25) is 14.8 Å². The molecule has 3 heterocycles. The second-order valence-electron chi connectivity index (χ2n) is 6.68. The highest BCUT2D eigenvalue weighted by atomic mass is 19.4. The Bertz CT molecular complexity index is 1250. The number of nitrogens with zero attached hydrogens (tertiary/aromatic N) is 5. The Morgan fingerprint density at radius 1 is 1.19 bits per heavy atom. The smallest absolute Gasteiger partial charge is 0.433 e. The summed E-state index contributed by atoms with van der Waals surface area (Å²) >= 11 is 0. The van der Waals surface area contributed by atoms with Crippen LogP contribution in [0.5, 0.6) is 0 Å². The van der Waals surface area contributed by atoms with E-state index >= 15 is 0 Å². The minimum absolute atomic E-state index is 0.258. The summed E-state index contributed by atoms with van der Waals surface area (Å²) in [7, 11) is 0. The van der Waals surface area contributed by atoms with Crippen molar-refractivity contribution in [1.29, 1.82) is 5.26 Å². The van der Waals surface area contributed by atoms with Crippen molar-refractivity contribution in [1.82, 2.24) is 9.97 Å². The summed E-state index contributed by atoms with van der Waals surface area (Å²) in [5.41, 5.74) is -2.15. The number of nitriles is 1. The van der Waals surface area contributed by atoms with Crippen molar-refractivity contribution in [2.75, 3.05) is 16.3 Å². The molecule has 11 heteroatoms. The molecule has 1 saturated heterocycles. The molecule has 2 amide bonds. The molecule has 0 bridgehead atoms. The van der Waals surface area contributed by atoms with Gasteiger partial charge in [-0.25, -0.2) is 14.6 Å². The Hall–Kier alpha value is -4.20. The summed E-state index contributed by atoms with van der Waals surface area (Å²) in [6, 6.07) is 7.58. The number of carboxylic acid groups (broad SMARTS) is 1. The lowest BCUT2D eigenvalue weighted by atomic mass is 10.1. The number of rotatable bonds is 3. The number of aromatic nitrogens is 2. The fourth-order valence-electron chi connectivity index (χ4n) is 3.45. The highest BCUT2D eigenvalue weighted by Gasteiger charge is 2.42. The molecule has 1 atom stereocenters. The van der Waals surface area contributed by atoms with Crippen LogP contribution in [0.1, 0.15) is 16.1 Å². The third-order valence-electron chi connectivity index (χ3n) is 4.85. The highest BCUT2D eigenvalue weighted by Crippen LogP contribution is 2.36. The molecule has 3 aromatic rings. The topological polar surface area (TPSA) is 110 Å². The molecule has 1 N–H and O–H groups in total. The van der Waals surface area contributed by atoms with E-state index in [4.69, 9.17) is 0 Å². The number of anilines is 2. The second kappa shape index (κ2) is 7.24. The Labute approximate surface area is 172 Å². The van der Waals surface area contributed by atoms with Gasteiger partial charge in [-0.05, 0) is 6.07 Å². The number of urea groups is 1.